The molecule has 94 valence electrons. The Bertz CT molecular complexity index is 328. The van der Waals surface area contributed by atoms with Gasteiger partial charge in [-0.25, -0.2) is 0 Å². The van der Waals surface area contributed by atoms with Crippen molar-refractivity contribution in [2.45, 2.75) is 44.6 Å². The lowest BCUT2D eigenvalue weighted by atomic mass is 10.1. The molecular weight excluding hydrogens is 212 g/mol. The molecule has 0 saturated carbocycles. The smallest absolute Gasteiger partial charge is 0.0745 e. The Hall–Kier alpha value is -0.900. The van der Waals surface area contributed by atoms with Crippen molar-refractivity contribution in [3.63, 3.8) is 0 Å². The van der Waals surface area contributed by atoms with E-state index in [0.29, 0.717) is 12.6 Å². The van der Waals surface area contributed by atoms with Gasteiger partial charge >= 0.3 is 0 Å². The molecule has 17 heavy (non-hydrogen) atoms. The van der Waals surface area contributed by atoms with E-state index in [0.717, 1.165) is 19.4 Å². The first kappa shape index (κ1) is 12.6. The molecule has 1 aromatic rings. The van der Waals surface area contributed by atoms with Crippen LogP contribution >= 0.6 is 0 Å². The lowest BCUT2D eigenvalue weighted by molar-refractivity contribution is 0.0335. The summed E-state index contributed by atoms with van der Waals surface area (Å²) >= 11 is 0. The van der Waals surface area contributed by atoms with Crippen LogP contribution in [0.5, 0.6) is 0 Å². The summed E-state index contributed by atoms with van der Waals surface area (Å²) < 4.78 is 5.86. The zero-order valence-electron chi connectivity index (χ0n) is 10.4. The van der Waals surface area contributed by atoms with Crippen LogP contribution in [0.2, 0.25) is 0 Å². The van der Waals surface area contributed by atoms with E-state index in [9.17, 15) is 0 Å². The minimum absolute atomic E-state index is 0.264. The molecule has 3 N–H and O–H groups in total. The van der Waals surface area contributed by atoms with Gasteiger partial charge in [-0.2, -0.15) is 0 Å². The third-order valence-corrected chi connectivity index (χ3v) is 3.38. The van der Waals surface area contributed by atoms with Crippen LogP contribution < -0.4 is 11.1 Å². The maximum absolute atomic E-state index is 5.86. The molecular formula is C14H22N2O. The molecule has 2 rings (SSSR count). The van der Waals surface area contributed by atoms with E-state index in [4.69, 9.17) is 10.5 Å². The Balaban J connectivity index is 1.84. The molecule has 1 aliphatic rings. The first-order chi connectivity index (χ1) is 8.29. The average molecular weight is 234 g/mol. The molecule has 1 aromatic carbocycles. The molecule has 3 nitrogen and oxygen atoms in total. The van der Waals surface area contributed by atoms with E-state index in [1.165, 1.54) is 5.56 Å². The molecule has 0 spiro atoms. The standard InChI is InChI=1S/C14H22N2O/c1-11-7-8-14(17-11)13(9-15)16-10-12-5-3-2-4-6-12/h2-6,11,13-14,16H,7-10,15H2,1H3. The highest BCUT2D eigenvalue weighted by molar-refractivity contribution is 5.14. The van der Waals surface area contributed by atoms with Crippen LogP contribution in [0.15, 0.2) is 30.3 Å². The van der Waals surface area contributed by atoms with Gasteiger partial charge in [0.2, 0.25) is 0 Å². The van der Waals surface area contributed by atoms with Crippen LogP contribution in [0.4, 0.5) is 0 Å². The van der Waals surface area contributed by atoms with Gasteiger partial charge < -0.3 is 15.8 Å². The molecule has 1 saturated heterocycles. The number of ether oxygens (including phenoxy) is 1. The molecule has 1 fully saturated rings. The van der Waals surface area contributed by atoms with E-state index in [1.807, 2.05) is 6.07 Å². The predicted octanol–water partition coefficient (Wildman–Crippen LogP) is 1.67. The van der Waals surface area contributed by atoms with Crippen LogP contribution in [0.25, 0.3) is 0 Å². The molecule has 0 radical (unpaired) electrons. The monoisotopic (exact) mass is 234 g/mol. The quantitative estimate of drug-likeness (QED) is 0.814. The molecule has 0 bridgehead atoms. The fraction of sp³-hybridized carbons (Fsp3) is 0.571. The zero-order chi connectivity index (χ0) is 12.1. The summed E-state index contributed by atoms with van der Waals surface area (Å²) in [4.78, 5) is 0. The van der Waals surface area contributed by atoms with Gasteiger partial charge in [0.25, 0.3) is 0 Å². The van der Waals surface area contributed by atoms with Crippen molar-refractivity contribution in [2.75, 3.05) is 6.54 Å². The molecule has 1 heterocycles. The number of nitrogens with one attached hydrogen (secondary N) is 1. The van der Waals surface area contributed by atoms with Crippen molar-refractivity contribution in [1.29, 1.82) is 0 Å². The second-order valence-corrected chi connectivity index (χ2v) is 4.77. The highest BCUT2D eigenvalue weighted by Gasteiger charge is 2.28. The topological polar surface area (TPSA) is 47.3 Å². The summed E-state index contributed by atoms with van der Waals surface area (Å²) in [5.74, 6) is 0. The normalized spacial score (nSPS) is 26.0. The van der Waals surface area contributed by atoms with Crippen LogP contribution in [-0.4, -0.2) is 24.8 Å². The van der Waals surface area contributed by atoms with Gasteiger partial charge in [0.05, 0.1) is 12.2 Å². The van der Waals surface area contributed by atoms with E-state index < -0.39 is 0 Å². The second kappa shape index (κ2) is 6.15. The largest absolute Gasteiger partial charge is 0.374 e. The Morgan fingerprint density at radius 3 is 2.71 bits per heavy atom. The van der Waals surface area contributed by atoms with Gasteiger partial charge in [-0.15, -0.1) is 0 Å². The van der Waals surface area contributed by atoms with Crippen LogP contribution in [-0.2, 0) is 11.3 Å². The number of nitrogens with two attached hydrogens (primary N) is 1. The Kier molecular flexibility index (Phi) is 4.54. The second-order valence-electron chi connectivity index (χ2n) is 4.77. The van der Waals surface area contributed by atoms with Gasteiger partial charge in [0.1, 0.15) is 0 Å². The maximum Gasteiger partial charge on any atom is 0.0745 e. The highest BCUT2D eigenvalue weighted by Crippen LogP contribution is 2.21. The number of hydrogen-bond acceptors (Lipinski definition) is 3. The van der Waals surface area contributed by atoms with E-state index in [2.05, 4.69) is 36.5 Å². The number of rotatable bonds is 5. The Labute approximate surface area is 103 Å². The summed E-state index contributed by atoms with van der Waals surface area (Å²) in [6.45, 7) is 3.62. The summed E-state index contributed by atoms with van der Waals surface area (Å²) in [6, 6.07) is 10.7. The van der Waals surface area contributed by atoms with Gasteiger partial charge in [-0.3, -0.25) is 0 Å². The van der Waals surface area contributed by atoms with Gasteiger partial charge in [-0.05, 0) is 25.3 Å². The average Bonchev–Trinajstić information content (AvgIpc) is 2.78. The number of hydrogen-bond donors (Lipinski definition) is 2. The summed E-state index contributed by atoms with van der Waals surface area (Å²) in [5, 5.41) is 3.50. The molecule has 3 heteroatoms. The minimum atomic E-state index is 0.264. The molecule has 3 unspecified atom stereocenters. The summed E-state index contributed by atoms with van der Waals surface area (Å²) in [6.07, 6.45) is 2.92. The van der Waals surface area contributed by atoms with Crippen molar-refractivity contribution >= 4 is 0 Å². The lowest BCUT2D eigenvalue weighted by Crippen LogP contribution is -2.45. The van der Waals surface area contributed by atoms with Crippen molar-refractivity contribution in [3.05, 3.63) is 35.9 Å². The minimum Gasteiger partial charge on any atom is -0.374 e. The zero-order valence-corrected chi connectivity index (χ0v) is 10.4. The maximum atomic E-state index is 5.86. The first-order valence-electron chi connectivity index (χ1n) is 6.42. The van der Waals surface area contributed by atoms with Crippen LogP contribution in [0.3, 0.4) is 0 Å². The molecule has 0 aromatic heterocycles. The van der Waals surface area contributed by atoms with E-state index >= 15 is 0 Å². The lowest BCUT2D eigenvalue weighted by Gasteiger charge is -2.23. The third-order valence-electron chi connectivity index (χ3n) is 3.38. The Morgan fingerprint density at radius 2 is 2.12 bits per heavy atom. The third kappa shape index (κ3) is 3.53. The Morgan fingerprint density at radius 1 is 1.35 bits per heavy atom. The predicted molar refractivity (Wildman–Crippen MR) is 69.7 cm³/mol. The van der Waals surface area contributed by atoms with E-state index in [-0.39, 0.29) is 12.1 Å². The van der Waals surface area contributed by atoms with Gasteiger partial charge in [0.15, 0.2) is 0 Å². The van der Waals surface area contributed by atoms with Crippen molar-refractivity contribution in [1.82, 2.24) is 5.32 Å². The SMILES string of the molecule is CC1CCC(C(CN)NCc2ccccc2)O1. The van der Waals surface area contributed by atoms with Crippen LogP contribution in [0, 0.1) is 0 Å². The molecule has 3 atom stereocenters. The van der Waals surface area contributed by atoms with Gasteiger partial charge in [0, 0.05) is 19.1 Å². The fourth-order valence-electron chi connectivity index (χ4n) is 2.34. The van der Waals surface area contributed by atoms with E-state index in [1.54, 1.807) is 0 Å². The molecule has 0 amide bonds. The number of benzene rings is 1. The summed E-state index contributed by atoms with van der Waals surface area (Å²) in [5.41, 5.74) is 7.11. The highest BCUT2D eigenvalue weighted by atomic mass is 16.5. The van der Waals surface area contributed by atoms with Crippen LogP contribution in [0.1, 0.15) is 25.3 Å². The van der Waals surface area contributed by atoms with Crippen molar-refractivity contribution in [2.24, 2.45) is 5.73 Å². The van der Waals surface area contributed by atoms with Crippen molar-refractivity contribution in [3.8, 4) is 0 Å². The summed E-state index contributed by atoms with van der Waals surface area (Å²) in [7, 11) is 0. The van der Waals surface area contributed by atoms with Gasteiger partial charge in [-0.1, -0.05) is 30.3 Å². The molecule has 0 aliphatic carbocycles. The fourth-order valence-corrected chi connectivity index (χ4v) is 2.34. The molecule has 1 aliphatic heterocycles. The van der Waals surface area contributed by atoms with Crippen molar-refractivity contribution < 1.29 is 4.74 Å². The first-order valence-corrected chi connectivity index (χ1v) is 6.42.